The molecule has 3 aromatic rings. The van der Waals surface area contributed by atoms with E-state index in [1.807, 2.05) is 31.2 Å². The Kier molecular flexibility index (Phi) is 3.95. The molecule has 22 heavy (non-hydrogen) atoms. The van der Waals surface area contributed by atoms with Gasteiger partial charge in [0, 0.05) is 16.7 Å². The van der Waals surface area contributed by atoms with Gasteiger partial charge in [0.1, 0.15) is 0 Å². The van der Waals surface area contributed by atoms with Gasteiger partial charge in [0.05, 0.1) is 0 Å². The fourth-order valence-electron chi connectivity index (χ4n) is 2.47. The zero-order chi connectivity index (χ0) is 15.4. The van der Waals surface area contributed by atoms with Gasteiger partial charge in [-0.2, -0.15) is 0 Å². The highest BCUT2D eigenvalue weighted by atomic mass is 14.0. The maximum absolute atomic E-state index is 3.27. The molecule has 0 spiro atoms. The van der Waals surface area contributed by atoms with E-state index in [0.717, 1.165) is 16.7 Å². The first kappa shape index (κ1) is 14.0. The second kappa shape index (κ2) is 6.21. The van der Waals surface area contributed by atoms with Crippen LogP contribution in [0.4, 0.5) is 0 Å². The summed E-state index contributed by atoms with van der Waals surface area (Å²) in [5.74, 6) is 12.7. The van der Waals surface area contributed by atoms with Crippen molar-refractivity contribution in [2.45, 2.75) is 13.8 Å². The zero-order valence-corrected chi connectivity index (χ0v) is 12.8. The predicted octanol–water partition coefficient (Wildman–Crippen LogP) is 4.92. The smallest absolute Gasteiger partial charge is 0.0336 e. The van der Waals surface area contributed by atoms with Gasteiger partial charge in [0.15, 0.2) is 0 Å². The van der Waals surface area contributed by atoms with Gasteiger partial charge in [-0.3, -0.25) is 0 Å². The molecule has 0 saturated heterocycles. The molecule has 3 aromatic carbocycles. The third-order valence-electron chi connectivity index (χ3n) is 3.61. The predicted molar refractivity (Wildman–Crippen MR) is 93.7 cm³/mol. The Morgan fingerprint density at radius 2 is 1.50 bits per heavy atom. The number of aryl methyl sites for hydroxylation is 1. The Morgan fingerprint density at radius 3 is 2.32 bits per heavy atom. The maximum Gasteiger partial charge on any atom is 0.0336 e. The van der Waals surface area contributed by atoms with Crippen molar-refractivity contribution in [3.63, 3.8) is 0 Å². The van der Waals surface area contributed by atoms with Crippen LogP contribution >= 0.6 is 0 Å². The third kappa shape index (κ3) is 2.88. The molecule has 0 aliphatic rings. The zero-order valence-electron chi connectivity index (χ0n) is 12.8. The Hall–Kier alpha value is -2.96. The molecule has 0 aliphatic carbocycles. The van der Waals surface area contributed by atoms with Crippen molar-refractivity contribution in [2.24, 2.45) is 0 Å². The summed E-state index contributed by atoms with van der Waals surface area (Å²) in [6, 6.07) is 20.7. The van der Waals surface area contributed by atoms with Crippen molar-refractivity contribution in [1.82, 2.24) is 0 Å². The highest BCUT2D eigenvalue weighted by Crippen LogP contribution is 2.20. The third-order valence-corrected chi connectivity index (χ3v) is 3.61. The Bertz CT molecular complexity index is 954. The minimum atomic E-state index is 1.000. The highest BCUT2D eigenvalue weighted by molar-refractivity contribution is 5.89. The molecule has 0 heterocycles. The van der Waals surface area contributed by atoms with E-state index in [1.165, 1.54) is 16.3 Å². The van der Waals surface area contributed by atoms with Crippen LogP contribution in [0.3, 0.4) is 0 Å². The molecule has 0 radical (unpaired) electrons. The summed E-state index contributed by atoms with van der Waals surface area (Å²) in [5, 5.41) is 2.36. The van der Waals surface area contributed by atoms with Gasteiger partial charge in [-0.1, -0.05) is 60.2 Å². The first-order valence-corrected chi connectivity index (χ1v) is 7.31. The van der Waals surface area contributed by atoms with Crippen molar-refractivity contribution in [1.29, 1.82) is 0 Å². The van der Waals surface area contributed by atoms with Crippen LogP contribution < -0.4 is 0 Å². The van der Waals surface area contributed by atoms with E-state index < -0.39 is 0 Å². The molecule has 0 atom stereocenters. The Labute approximate surface area is 131 Å². The lowest BCUT2D eigenvalue weighted by atomic mass is 10.0. The lowest BCUT2D eigenvalue weighted by Crippen LogP contribution is -1.85. The van der Waals surface area contributed by atoms with Crippen LogP contribution in [0.1, 0.15) is 29.2 Å². The summed E-state index contributed by atoms with van der Waals surface area (Å²) in [6.45, 7) is 3.94. The number of rotatable bonds is 0. The molecule has 0 aliphatic heterocycles. The second-order valence-corrected chi connectivity index (χ2v) is 5.18. The van der Waals surface area contributed by atoms with Crippen molar-refractivity contribution < 1.29 is 0 Å². The van der Waals surface area contributed by atoms with Crippen LogP contribution in [0.2, 0.25) is 0 Å². The lowest BCUT2D eigenvalue weighted by Gasteiger charge is -2.02. The van der Waals surface area contributed by atoms with Crippen LogP contribution in [-0.4, -0.2) is 0 Å². The van der Waals surface area contributed by atoms with Crippen LogP contribution in [-0.2, 0) is 0 Å². The first-order valence-electron chi connectivity index (χ1n) is 7.31. The molecule has 0 saturated carbocycles. The summed E-state index contributed by atoms with van der Waals surface area (Å²) in [6.07, 6.45) is 0. The molecule has 0 aromatic heterocycles. The van der Waals surface area contributed by atoms with E-state index in [0.29, 0.717) is 0 Å². The van der Waals surface area contributed by atoms with Crippen molar-refractivity contribution in [3.05, 3.63) is 82.9 Å². The monoisotopic (exact) mass is 280 g/mol. The summed E-state index contributed by atoms with van der Waals surface area (Å²) in [5.41, 5.74) is 4.30. The van der Waals surface area contributed by atoms with Crippen molar-refractivity contribution in [2.75, 3.05) is 0 Å². The van der Waals surface area contributed by atoms with Crippen LogP contribution in [0.15, 0.2) is 60.7 Å². The highest BCUT2D eigenvalue weighted by Gasteiger charge is 2.00. The normalized spacial score (nSPS) is 9.55. The molecule has 0 N–H and O–H groups in total. The van der Waals surface area contributed by atoms with E-state index in [9.17, 15) is 0 Å². The fourth-order valence-corrected chi connectivity index (χ4v) is 2.47. The summed E-state index contributed by atoms with van der Waals surface area (Å²) in [4.78, 5) is 0. The standard InChI is InChI=1S/C22H16/c1-3-8-20-15-18(16-21-11-6-7-12-22(20)21)13-14-19-10-5-4-9-17(19)2/h4-7,9-12,15-16H,1-2H3. The first-order chi connectivity index (χ1) is 10.8. The topological polar surface area (TPSA) is 0 Å². The fraction of sp³-hybridized carbons (Fsp3) is 0.0909. The molecule has 104 valence electrons. The molecular formula is C22H16. The SMILES string of the molecule is CC#Cc1cc(C#Cc2ccccc2C)cc2ccccc12. The minimum Gasteiger partial charge on any atom is -0.101 e. The van der Waals surface area contributed by atoms with E-state index in [-0.39, 0.29) is 0 Å². The molecule has 3 rings (SSSR count). The van der Waals surface area contributed by atoms with Gasteiger partial charge in [-0.25, -0.2) is 0 Å². The molecule has 0 amide bonds. The van der Waals surface area contributed by atoms with Gasteiger partial charge in [0.25, 0.3) is 0 Å². The van der Waals surface area contributed by atoms with Gasteiger partial charge < -0.3 is 0 Å². The summed E-state index contributed by atoms with van der Waals surface area (Å²) < 4.78 is 0. The van der Waals surface area contributed by atoms with Crippen LogP contribution in [0.25, 0.3) is 10.8 Å². The van der Waals surface area contributed by atoms with Crippen LogP contribution in [0.5, 0.6) is 0 Å². The minimum absolute atomic E-state index is 1.000. The Balaban J connectivity index is 2.12. The van der Waals surface area contributed by atoms with E-state index in [4.69, 9.17) is 0 Å². The molecule has 0 unspecified atom stereocenters. The van der Waals surface area contributed by atoms with E-state index >= 15 is 0 Å². The summed E-state index contributed by atoms with van der Waals surface area (Å²) >= 11 is 0. The van der Waals surface area contributed by atoms with Crippen LogP contribution in [0, 0.1) is 30.6 Å². The van der Waals surface area contributed by atoms with Gasteiger partial charge >= 0.3 is 0 Å². The quantitative estimate of drug-likeness (QED) is 0.513. The number of benzene rings is 3. The summed E-state index contributed by atoms with van der Waals surface area (Å²) in [7, 11) is 0. The lowest BCUT2D eigenvalue weighted by molar-refractivity contribution is 1.44. The Morgan fingerprint density at radius 1 is 0.727 bits per heavy atom. The second-order valence-electron chi connectivity index (χ2n) is 5.18. The van der Waals surface area contributed by atoms with Gasteiger partial charge in [-0.05, 0) is 48.4 Å². The van der Waals surface area contributed by atoms with Crippen molar-refractivity contribution in [3.8, 4) is 23.7 Å². The molecular weight excluding hydrogens is 264 g/mol. The largest absolute Gasteiger partial charge is 0.101 e. The number of fused-ring (bicyclic) bond motifs is 1. The average Bonchev–Trinajstić information content (AvgIpc) is 2.54. The maximum atomic E-state index is 3.27. The number of hydrogen-bond donors (Lipinski definition) is 0. The number of hydrogen-bond acceptors (Lipinski definition) is 0. The molecule has 0 heteroatoms. The van der Waals surface area contributed by atoms with Crippen molar-refractivity contribution >= 4 is 10.8 Å². The molecule has 0 bridgehead atoms. The van der Waals surface area contributed by atoms with Gasteiger partial charge in [-0.15, -0.1) is 5.92 Å². The molecule has 0 fully saturated rings. The molecule has 0 nitrogen and oxygen atoms in total. The average molecular weight is 280 g/mol. The van der Waals surface area contributed by atoms with Gasteiger partial charge in [0.2, 0.25) is 0 Å². The van der Waals surface area contributed by atoms with E-state index in [2.05, 4.69) is 67.0 Å². The van der Waals surface area contributed by atoms with E-state index in [1.54, 1.807) is 0 Å².